The molecule has 0 heterocycles. The molecule has 48 heavy (non-hydrogen) atoms. The fourth-order valence-corrected chi connectivity index (χ4v) is 7.17. The normalized spacial score (nSPS) is 12.9. The molecule has 0 saturated carbocycles. The van der Waals surface area contributed by atoms with E-state index in [2.05, 4.69) is 47.7 Å². The van der Waals surface area contributed by atoms with Crippen LogP contribution in [0.25, 0.3) is 0 Å². The average Bonchev–Trinajstić information content (AvgIpc) is 3.04. The third kappa shape index (κ3) is 31.6. The number of hydrogen-bond acceptors (Lipinski definition) is 4. The second-order valence-corrected chi connectivity index (χ2v) is 21.4. The maximum atomic E-state index is 12.7. The summed E-state index contributed by atoms with van der Waals surface area (Å²) in [6.07, 6.45) is 39.2. The van der Waals surface area contributed by atoms with Crippen molar-refractivity contribution in [3.8, 4) is 0 Å². The fourth-order valence-electron chi connectivity index (χ4n) is 6.13. The van der Waals surface area contributed by atoms with Gasteiger partial charge in [-0.05, 0) is 31.0 Å². The van der Waals surface area contributed by atoms with Gasteiger partial charge in [-0.2, -0.15) is 0 Å². The van der Waals surface area contributed by atoms with Gasteiger partial charge in [-0.1, -0.05) is 208 Å². The molecule has 0 amide bonds. The van der Waals surface area contributed by atoms with Crippen molar-refractivity contribution in [2.75, 3.05) is 19.8 Å². The van der Waals surface area contributed by atoms with Crippen molar-refractivity contribution < 1.29 is 18.7 Å². The summed E-state index contributed by atoms with van der Waals surface area (Å²) in [5.74, 6) is -0.0899. The largest absolute Gasteiger partial charge is 0.457 e. The Hall–Kier alpha value is -0.393. The Labute approximate surface area is 303 Å². The molecule has 1 atom stereocenters. The lowest BCUT2D eigenvalue weighted by atomic mass is 10.0. The number of rotatable bonds is 37. The molecule has 0 saturated heterocycles. The third-order valence-corrected chi connectivity index (χ3v) is 15.2. The van der Waals surface area contributed by atoms with E-state index in [0.717, 1.165) is 25.9 Å². The van der Waals surface area contributed by atoms with Gasteiger partial charge in [0.2, 0.25) is 0 Å². The van der Waals surface area contributed by atoms with Crippen molar-refractivity contribution in [2.24, 2.45) is 0 Å². The van der Waals surface area contributed by atoms with Crippen LogP contribution in [0.4, 0.5) is 0 Å². The molecule has 4 nitrogen and oxygen atoms in total. The Morgan fingerprint density at radius 1 is 0.500 bits per heavy atom. The van der Waals surface area contributed by atoms with Crippen LogP contribution < -0.4 is 0 Å². The van der Waals surface area contributed by atoms with Crippen molar-refractivity contribution in [1.29, 1.82) is 0 Å². The first-order valence-electron chi connectivity index (χ1n) is 21.5. The van der Waals surface area contributed by atoms with E-state index in [4.69, 9.17) is 13.9 Å². The first-order valence-corrected chi connectivity index (χ1v) is 24.5. The zero-order chi connectivity index (χ0) is 35.6. The molecule has 0 aromatic rings. The summed E-state index contributed by atoms with van der Waals surface area (Å²) in [5.41, 5.74) is 0. The molecule has 0 aliphatic rings. The highest BCUT2D eigenvalue weighted by molar-refractivity contribution is 6.74. The van der Waals surface area contributed by atoms with Crippen LogP contribution in [-0.4, -0.2) is 40.2 Å². The summed E-state index contributed by atoms with van der Waals surface area (Å²) in [7, 11) is -1.92. The number of hydrogen-bond donors (Lipinski definition) is 0. The van der Waals surface area contributed by atoms with E-state index >= 15 is 0 Å². The predicted octanol–water partition coefficient (Wildman–Crippen LogP) is 14.7. The van der Waals surface area contributed by atoms with E-state index in [1.54, 1.807) is 0 Å². The van der Waals surface area contributed by atoms with Crippen molar-refractivity contribution in [2.45, 2.75) is 251 Å². The maximum Gasteiger partial charge on any atom is 0.306 e. The van der Waals surface area contributed by atoms with Crippen LogP contribution in [0.5, 0.6) is 0 Å². The average molecular weight is 697 g/mol. The summed E-state index contributed by atoms with van der Waals surface area (Å²) in [6, 6.07) is 0. The van der Waals surface area contributed by atoms with Gasteiger partial charge in [0.1, 0.15) is 6.10 Å². The maximum absolute atomic E-state index is 12.7. The summed E-state index contributed by atoms with van der Waals surface area (Å²) < 4.78 is 18.4. The minimum atomic E-state index is -1.92. The number of ether oxygens (including phenoxy) is 2. The molecule has 0 aromatic carbocycles. The molecule has 0 aliphatic heterocycles. The van der Waals surface area contributed by atoms with Gasteiger partial charge in [-0.3, -0.25) is 4.79 Å². The van der Waals surface area contributed by atoms with Crippen LogP contribution in [0, 0.1) is 0 Å². The number of unbranched alkanes of at least 4 members (excludes halogenated alkanes) is 27. The summed E-state index contributed by atoms with van der Waals surface area (Å²) >= 11 is 0. The summed E-state index contributed by atoms with van der Waals surface area (Å²) in [6.45, 7) is 17.5. The van der Waals surface area contributed by atoms with E-state index in [-0.39, 0.29) is 17.1 Å². The Morgan fingerprint density at radius 3 is 1.19 bits per heavy atom. The first kappa shape index (κ1) is 47.6. The van der Waals surface area contributed by atoms with E-state index in [9.17, 15) is 4.79 Å². The molecular weight excluding hydrogens is 609 g/mol. The minimum absolute atomic E-state index is 0.0899. The van der Waals surface area contributed by atoms with Crippen LogP contribution in [0.15, 0.2) is 0 Å². The van der Waals surface area contributed by atoms with Crippen molar-refractivity contribution in [3.05, 3.63) is 0 Å². The Morgan fingerprint density at radius 2 is 0.833 bits per heavy atom. The highest BCUT2D eigenvalue weighted by Crippen LogP contribution is 2.36. The van der Waals surface area contributed by atoms with Gasteiger partial charge in [0, 0.05) is 13.0 Å². The second-order valence-electron chi connectivity index (χ2n) is 16.6. The molecule has 0 aromatic heterocycles. The van der Waals surface area contributed by atoms with Gasteiger partial charge < -0.3 is 13.9 Å². The van der Waals surface area contributed by atoms with Crippen molar-refractivity contribution >= 4 is 14.3 Å². The molecule has 0 bridgehead atoms. The lowest BCUT2D eigenvalue weighted by molar-refractivity contribution is -0.154. The molecule has 1 unspecified atom stereocenters. The quantitative estimate of drug-likeness (QED) is 0.0368. The molecule has 0 radical (unpaired) electrons. The molecule has 288 valence electrons. The van der Waals surface area contributed by atoms with Crippen molar-refractivity contribution in [3.63, 3.8) is 0 Å². The highest BCUT2D eigenvalue weighted by Gasteiger charge is 2.38. The fraction of sp³-hybridized carbons (Fsp3) is 0.977. The Bertz CT molecular complexity index is 674. The van der Waals surface area contributed by atoms with Gasteiger partial charge >= 0.3 is 5.97 Å². The van der Waals surface area contributed by atoms with Crippen LogP contribution in [0.3, 0.4) is 0 Å². The Balaban J connectivity index is 4.03. The number of carbonyl (C=O) groups is 1. The SMILES string of the molecule is CCCCCCCCCCCCCCCCCCOCC(CO[Si](C)(C)C(C)(C)C)OC(=O)CCCCCCCCCCCCCCC. The molecular formula is C43H88O4Si. The van der Waals surface area contributed by atoms with Crippen LogP contribution in [-0.2, 0) is 18.7 Å². The standard InChI is InChI=1S/C43H88O4Si/c1-8-10-12-14-16-18-20-22-23-24-26-28-30-32-34-36-38-45-39-41(40-46-48(6,7)43(3,4)5)47-42(44)37-35-33-31-29-27-25-21-19-17-15-13-11-9-2/h41H,8-40H2,1-7H3. The minimum Gasteiger partial charge on any atom is -0.457 e. The second kappa shape index (κ2) is 33.7. The van der Waals surface area contributed by atoms with Crippen molar-refractivity contribution in [1.82, 2.24) is 0 Å². The predicted molar refractivity (Wildman–Crippen MR) is 214 cm³/mol. The molecule has 5 heteroatoms. The van der Waals surface area contributed by atoms with Gasteiger partial charge in [-0.25, -0.2) is 0 Å². The Kier molecular flexibility index (Phi) is 33.5. The third-order valence-electron chi connectivity index (χ3n) is 10.7. The zero-order valence-electron chi connectivity index (χ0n) is 34.0. The van der Waals surface area contributed by atoms with Crippen LogP contribution in [0.1, 0.15) is 227 Å². The van der Waals surface area contributed by atoms with Gasteiger partial charge in [0.15, 0.2) is 8.32 Å². The lowest BCUT2D eigenvalue weighted by Gasteiger charge is -2.37. The van der Waals surface area contributed by atoms with E-state index < -0.39 is 8.32 Å². The highest BCUT2D eigenvalue weighted by atomic mass is 28.4. The van der Waals surface area contributed by atoms with E-state index in [1.807, 2.05) is 0 Å². The molecule has 0 aliphatic carbocycles. The number of carbonyl (C=O) groups excluding carboxylic acids is 1. The molecule has 0 spiro atoms. The van der Waals surface area contributed by atoms with Crippen LogP contribution >= 0.6 is 0 Å². The first-order chi connectivity index (χ1) is 23.1. The van der Waals surface area contributed by atoms with Gasteiger partial charge in [-0.15, -0.1) is 0 Å². The number of esters is 1. The van der Waals surface area contributed by atoms with E-state index in [1.165, 1.54) is 167 Å². The lowest BCUT2D eigenvalue weighted by Crippen LogP contribution is -2.44. The molecule has 0 rings (SSSR count). The molecule has 0 N–H and O–H groups in total. The molecule has 0 fully saturated rings. The van der Waals surface area contributed by atoms with Crippen LogP contribution in [0.2, 0.25) is 18.1 Å². The summed E-state index contributed by atoms with van der Waals surface area (Å²) in [4.78, 5) is 12.7. The monoisotopic (exact) mass is 697 g/mol. The topological polar surface area (TPSA) is 44.8 Å². The van der Waals surface area contributed by atoms with Gasteiger partial charge in [0.25, 0.3) is 0 Å². The summed E-state index contributed by atoms with van der Waals surface area (Å²) in [5, 5.41) is 0.130. The zero-order valence-corrected chi connectivity index (χ0v) is 35.0. The smallest absolute Gasteiger partial charge is 0.306 e. The van der Waals surface area contributed by atoms with E-state index in [0.29, 0.717) is 19.6 Å². The van der Waals surface area contributed by atoms with Gasteiger partial charge in [0.05, 0.1) is 13.2 Å².